The van der Waals surface area contributed by atoms with E-state index in [9.17, 15) is 14.4 Å². The predicted octanol–water partition coefficient (Wildman–Crippen LogP) is 5.17. The number of ketones is 1. The predicted molar refractivity (Wildman–Crippen MR) is 117 cm³/mol. The standard InChI is InChI=1S/C23H23NO6S/c1-5-28-23(27)19-14(3)20(15(4)25)31-22(19)24-21(26)18-10-9-17(30-18)12-29-16-8-6-7-13(2)11-16/h6-11H,5,12H2,1-4H3,(H,24,26). The zero-order valence-electron chi connectivity index (χ0n) is 17.7. The molecule has 7 nitrogen and oxygen atoms in total. The molecule has 0 spiro atoms. The molecule has 0 saturated heterocycles. The molecule has 0 unspecified atom stereocenters. The lowest BCUT2D eigenvalue weighted by atomic mass is 10.1. The van der Waals surface area contributed by atoms with E-state index in [-0.39, 0.29) is 35.3 Å². The van der Waals surface area contributed by atoms with E-state index in [0.29, 0.717) is 22.0 Å². The van der Waals surface area contributed by atoms with Crippen molar-refractivity contribution in [3.63, 3.8) is 0 Å². The molecule has 31 heavy (non-hydrogen) atoms. The second-order valence-electron chi connectivity index (χ2n) is 6.86. The Kier molecular flexibility index (Phi) is 6.91. The first-order valence-electron chi connectivity index (χ1n) is 9.71. The Hall–Kier alpha value is -3.39. The van der Waals surface area contributed by atoms with Gasteiger partial charge in [-0.25, -0.2) is 4.79 Å². The van der Waals surface area contributed by atoms with Crippen LogP contribution in [0.2, 0.25) is 0 Å². The molecule has 0 aliphatic carbocycles. The van der Waals surface area contributed by atoms with Gasteiger partial charge in [-0.2, -0.15) is 0 Å². The Bertz CT molecular complexity index is 1130. The normalized spacial score (nSPS) is 10.6. The Balaban J connectivity index is 1.75. The summed E-state index contributed by atoms with van der Waals surface area (Å²) in [7, 11) is 0. The number of thiophene rings is 1. The third-order valence-corrected chi connectivity index (χ3v) is 5.74. The van der Waals surface area contributed by atoms with Crippen LogP contribution in [0.5, 0.6) is 5.75 Å². The topological polar surface area (TPSA) is 94.8 Å². The molecule has 0 aliphatic rings. The minimum atomic E-state index is -0.592. The minimum Gasteiger partial charge on any atom is -0.486 e. The van der Waals surface area contributed by atoms with Gasteiger partial charge < -0.3 is 19.2 Å². The van der Waals surface area contributed by atoms with Gasteiger partial charge in [0.15, 0.2) is 11.5 Å². The molecule has 0 radical (unpaired) electrons. The largest absolute Gasteiger partial charge is 0.486 e. The smallest absolute Gasteiger partial charge is 0.341 e. The van der Waals surface area contributed by atoms with E-state index in [4.69, 9.17) is 13.9 Å². The van der Waals surface area contributed by atoms with E-state index >= 15 is 0 Å². The second kappa shape index (κ2) is 9.61. The number of hydrogen-bond acceptors (Lipinski definition) is 7. The van der Waals surface area contributed by atoms with Gasteiger partial charge >= 0.3 is 5.97 Å². The molecule has 1 aromatic carbocycles. The number of amides is 1. The van der Waals surface area contributed by atoms with Gasteiger partial charge in [-0.05, 0) is 63.1 Å². The Morgan fingerprint density at radius 3 is 2.58 bits per heavy atom. The van der Waals surface area contributed by atoms with Crippen LogP contribution in [0.1, 0.15) is 61.3 Å². The lowest BCUT2D eigenvalue weighted by Gasteiger charge is -2.06. The van der Waals surface area contributed by atoms with E-state index < -0.39 is 11.9 Å². The number of anilines is 1. The van der Waals surface area contributed by atoms with Crippen molar-refractivity contribution in [2.24, 2.45) is 0 Å². The molecule has 3 aromatic rings. The number of ether oxygens (including phenoxy) is 2. The van der Waals surface area contributed by atoms with Crippen LogP contribution in [0.15, 0.2) is 40.8 Å². The molecule has 1 amide bonds. The van der Waals surface area contributed by atoms with Crippen LogP contribution >= 0.6 is 11.3 Å². The fourth-order valence-corrected chi connectivity index (χ4v) is 4.07. The monoisotopic (exact) mass is 441 g/mol. The Labute approximate surface area is 184 Å². The maximum Gasteiger partial charge on any atom is 0.341 e. The van der Waals surface area contributed by atoms with E-state index in [0.717, 1.165) is 16.9 Å². The highest BCUT2D eigenvalue weighted by atomic mass is 32.1. The summed E-state index contributed by atoms with van der Waals surface area (Å²) in [4.78, 5) is 37.4. The number of aryl methyl sites for hydroxylation is 1. The van der Waals surface area contributed by atoms with Crippen molar-refractivity contribution in [3.8, 4) is 5.75 Å². The molecule has 0 atom stereocenters. The molecule has 0 fully saturated rings. The summed E-state index contributed by atoms with van der Waals surface area (Å²) in [6, 6.07) is 10.8. The van der Waals surface area contributed by atoms with Crippen molar-refractivity contribution in [2.45, 2.75) is 34.3 Å². The number of hydrogen-bond donors (Lipinski definition) is 1. The van der Waals surface area contributed by atoms with Crippen molar-refractivity contribution in [1.29, 1.82) is 0 Å². The van der Waals surface area contributed by atoms with Crippen molar-refractivity contribution < 1.29 is 28.3 Å². The lowest BCUT2D eigenvalue weighted by Crippen LogP contribution is -2.14. The zero-order chi connectivity index (χ0) is 22.5. The van der Waals surface area contributed by atoms with Crippen LogP contribution in [-0.2, 0) is 11.3 Å². The number of Topliss-reactive ketones (excluding diaryl/α,β-unsaturated/α-hetero) is 1. The maximum absolute atomic E-state index is 12.7. The summed E-state index contributed by atoms with van der Waals surface area (Å²) in [5.74, 6) is -0.0824. The van der Waals surface area contributed by atoms with Gasteiger partial charge in [-0.3, -0.25) is 9.59 Å². The first-order chi connectivity index (χ1) is 14.8. The summed E-state index contributed by atoms with van der Waals surface area (Å²) in [6.07, 6.45) is 0. The lowest BCUT2D eigenvalue weighted by molar-refractivity contribution is 0.0527. The highest BCUT2D eigenvalue weighted by molar-refractivity contribution is 7.18. The Morgan fingerprint density at radius 1 is 1.13 bits per heavy atom. The van der Waals surface area contributed by atoms with E-state index in [1.54, 1.807) is 19.9 Å². The minimum absolute atomic E-state index is 0.0630. The zero-order valence-corrected chi connectivity index (χ0v) is 18.6. The van der Waals surface area contributed by atoms with Crippen LogP contribution < -0.4 is 10.1 Å². The molecule has 0 bridgehead atoms. The molecule has 0 aliphatic heterocycles. The van der Waals surface area contributed by atoms with E-state index in [1.807, 2.05) is 31.2 Å². The summed E-state index contributed by atoms with van der Waals surface area (Å²) in [6.45, 7) is 7.06. The van der Waals surface area contributed by atoms with Gasteiger partial charge in [0.2, 0.25) is 0 Å². The molecule has 1 N–H and O–H groups in total. The number of furan rings is 1. The van der Waals surface area contributed by atoms with Crippen LogP contribution in [0, 0.1) is 13.8 Å². The molecular weight excluding hydrogens is 418 g/mol. The van der Waals surface area contributed by atoms with Crippen molar-refractivity contribution in [3.05, 3.63) is 69.5 Å². The highest BCUT2D eigenvalue weighted by Gasteiger charge is 2.26. The fraction of sp³-hybridized carbons (Fsp3) is 0.261. The maximum atomic E-state index is 12.7. The summed E-state index contributed by atoms with van der Waals surface area (Å²) in [5.41, 5.74) is 1.74. The van der Waals surface area contributed by atoms with E-state index in [1.165, 1.54) is 13.0 Å². The number of carbonyl (C=O) groups excluding carboxylic acids is 3. The number of rotatable bonds is 8. The quantitative estimate of drug-likeness (QED) is 0.383. The third-order valence-electron chi connectivity index (χ3n) is 4.43. The summed E-state index contributed by atoms with van der Waals surface area (Å²) >= 11 is 1.04. The average Bonchev–Trinajstić information content (AvgIpc) is 3.31. The third kappa shape index (κ3) is 5.21. The van der Waals surface area contributed by atoms with Crippen LogP contribution in [-0.4, -0.2) is 24.3 Å². The molecule has 2 heterocycles. The van der Waals surface area contributed by atoms with Crippen molar-refractivity contribution in [1.82, 2.24) is 0 Å². The van der Waals surface area contributed by atoms with Gasteiger partial charge in [0.25, 0.3) is 5.91 Å². The Morgan fingerprint density at radius 2 is 1.90 bits per heavy atom. The van der Waals surface area contributed by atoms with Crippen molar-refractivity contribution >= 4 is 34.0 Å². The average molecular weight is 442 g/mol. The van der Waals surface area contributed by atoms with Gasteiger partial charge in [-0.15, -0.1) is 11.3 Å². The first kappa shape index (κ1) is 22.3. The van der Waals surface area contributed by atoms with Gasteiger partial charge in [0.05, 0.1) is 17.0 Å². The summed E-state index contributed by atoms with van der Waals surface area (Å²) < 4.78 is 16.4. The molecule has 162 valence electrons. The van der Waals surface area contributed by atoms with Crippen molar-refractivity contribution in [2.75, 3.05) is 11.9 Å². The fourth-order valence-electron chi connectivity index (χ4n) is 2.99. The first-order valence-corrected chi connectivity index (χ1v) is 10.5. The molecule has 2 aromatic heterocycles. The molecular formula is C23H23NO6S. The molecule has 3 rings (SSSR count). The van der Waals surface area contributed by atoms with Crippen LogP contribution in [0.3, 0.4) is 0 Å². The summed E-state index contributed by atoms with van der Waals surface area (Å²) in [5, 5.41) is 2.92. The SMILES string of the molecule is CCOC(=O)c1c(NC(=O)c2ccc(COc3cccc(C)c3)o2)sc(C(C)=O)c1C. The highest BCUT2D eigenvalue weighted by Crippen LogP contribution is 2.34. The van der Waals surface area contributed by atoms with Gasteiger partial charge in [-0.1, -0.05) is 12.1 Å². The second-order valence-corrected chi connectivity index (χ2v) is 7.88. The molecule has 8 heteroatoms. The van der Waals surface area contributed by atoms with Crippen LogP contribution in [0.25, 0.3) is 0 Å². The van der Waals surface area contributed by atoms with Gasteiger partial charge in [0.1, 0.15) is 23.1 Å². The number of nitrogens with one attached hydrogen (secondary N) is 1. The number of benzene rings is 1. The van der Waals surface area contributed by atoms with Crippen LogP contribution in [0.4, 0.5) is 5.00 Å². The van der Waals surface area contributed by atoms with E-state index in [2.05, 4.69) is 5.32 Å². The molecule has 0 saturated carbocycles. The number of carbonyl (C=O) groups is 3. The van der Waals surface area contributed by atoms with Gasteiger partial charge in [0, 0.05) is 0 Å². The number of esters is 1.